The van der Waals surface area contributed by atoms with Crippen molar-refractivity contribution in [2.45, 2.75) is 13.8 Å². The van der Waals surface area contributed by atoms with Gasteiger partial charge in [0, 0.05) is 0 Å². The Morgan fingerprint density at radius 3 is 2.36 bits per heavy atom. The molecule has 0 aliphatic carbocycles. The lowest BCUT2D eigenvalue weighted by Gasteiger charge is -1.93. The standard InChI is InChI=1S/C9H12O2/c1-4-7(3)6-8(5-2)9(10)11/h4-6H,2H2,1,3H3,(H,10,11)/b7-4-,8-6+. The van der Waals surface area contributed by atoms with Crippen molar-refractivity contribution in [3.05, 3.63) is 36.0 Å². The molecule has 0 aromatic carbocycles. The van der Waals surface area contributed by atoms with Crippen molar-refractivity contribution in [2.75, 3.05) is 0 Å². The lowest BCUT2D eigenvalue weighted by molar-refractivity contribution is -0.132. The third-order valence-electron chi connectivity index (χ3n) is 1.31. The predicted molar refractivity (Wildman–Crippen MR) is 45.3 cm³/mol. The Kier molecular flexibility index (Phi) is 3.96. The molecular formula is C9H12O2. The van der Waals surface area contributed by atoms with E-state index in [1.54, 1.807) is 6.08 Å². The van der Waals surface area contributed by atoms with Gasteiger partial charge in [0.15, 0.2) is 0 Å². The van der Waals surface area contributed by atoms with Crippen LogP contribution >= 0.6 is 0 Å². The Morgan fingerprint density at radius 2 is 2.09 bits per heavy atom. The summed E-state index contributed by atoms with van der Waals surface area (Å²) in [5.74, 6) is -0.943. The van der Waals surface area contributed by atoms with E-state index >= 15 is 0 Å². The first-order valence-corrected chi connectivity index (χ1v) is 3.32. The van der Waals surface area contributed by atoms with E-state index in [1.807, 2.05) is 19.9 Å². The Balaban J connectivity index is 4.62. The number of hydrogen-bond acceptors (Lipinski definition) is 1. The van der Waals surface area contributed by atoms with E-state index in [0.717, 1.165) is 5.57 Å². The van der Waals surface area contributed by atoms with Gasteiger partial charge >= 0.3 is 5.97 Å². The van der Waals surface area contributed by atoms with Crippen LogP contribution < -0.4 is 0 Å². The fraction of sp³-hybridized carbons (Fsp3) is 0.222. The van der Waals surface area contributed by atoms with Crippen LogP contribution in [-0.4, -0.2) is 11.1 Å². The maximum absolute atomic E-state index is 10.4. The highest BCUT2D eigenvalue weighted by atomic mass is 16.4. The molecule has 0 heterocycles. The topological polar surface area (TPSA) is 37.3 Å². The minimum Gasteiger partial charge on any atom is -0.478 e. The highest BCUT2D eigenvalue weighted by Crippen LogP contribution is 2.02. The highest BCUT2D eigenvalue weighted by Gasteiger charge is 2.00. The third-order valence-corrected chi connectivity index (χ3v) is 1.31. The summed E-state index contributed by atoms with van der Waals surface area (Å²) in [4.78, 5) is 10.4. The molecule has 0 aromatic heterocycles. The first-order chi connectivity index (χ1) is 5.11. The molecule has 0 spiro atoms. The summed E-state index contributed by atoms with van der Waals surface area (Å²) in [6.07, 6.45) is 4.75. The first-order valence-electron chi connectivity index (χ1n) is 3.32. The number of allylic oxidation sites excluding steroid dienone is 3. The minimum absolute atomic E-state index is 0.223. The average molecular weight is 152 g/mol. The van der Waals surface area contributed by atoms with Crippen molar-refractivity contribution in [3.8, 4) is 0 Å². The number of carboxylic acid groups (broad SMARTS) is 1. The molecule has 2 nitrogen and oxygen atoms in total. The molecule has 60 valence electrons. The van der Waals surface area contributed by atoms with E-state index in [1.165, 1.54) is 6.08 Å². The van der Waals surface area contributed by atoms with Gasteiger partial charge < -0.3 is 5.11 Å². The van der Waals surface area contributed by atoms with Gasteiger partial charge in [0.2, 0.25) is 0 Å². The van der Waals surface area contributed by atoms with E-state index in [9.17, 15) is 4.79 Å². The zero-order valence-corrected chi connectivity index (χ0v) is 6.79. The summed E-state index contributed by atoms with van der Waals surface area (Å²) in [5.41, 5.74) is 1.14. The van der Waals surface area contributed by atoms with E-state index < -0.39 is 5.97 Å². The lowest BCUT2D eigenvalue weighted by atomic mass is 10.1. The minimum atomic E-state index is -0.943. The molecule has 2 heteroatoms. The second kappa shape index (κ2) is 4.50. The Hall–Kier alpha value is -1.31. The number of aliphatic carboxylic acids is 1. The third kappa shape index (κ3) is 3.40. The molecule has 0 saturated carbocycles. The summed E-state index contributed by atoms with van der Waals surface area (Å²) in [6, 6.07) is 0. The van der Waals surface area contributed by atoms with Crippen LogP contribution in [0.1, 0.15) is 13.8 Å². The maximum Gasteiger partial charge on any atom is 0.335 e. The quantitative estimate of drug-likeness (QED) is 0.497. The molecule has 0 aliphatic heterocycles. The number of rotatable bonds is 3. The fourth-order valence-electron chi connectivity index (χ4n) is 0.537. The Morgan fingerprint density at radius 1 is 1.55 bits per heavy atom. The number of hydrogen-bond donors (Lipinski definition) is 1. The molecule has 11 heavy (non-hydrogen) atoms. The molecule has 0 aliphatic rings. The van der Waals surface area contributed by atoms with Crippen molar-refractivity contribution >= 4 is 5.97 Å². The summed E-state index contributed by atoms with van der Waals surface area (Å²) >= 11 is 0. The zero-order valence-electron chi connectivity index (χ0n) is 6.79. The molecule has 0 aromatic rings. The Labute approximate surface area is 66.5 Å². The van der Waals surface area contributed by atoms with Crippen molar-refractivity contribution < 1.29 is 9.90 Å². The molecule has 0 amide bonds. The van der Waals surface area contributed by atoms with Crippen LogP contribution in [0.3, 0.4) is 0 Å². The fourth-order valence-corrected chi connectivity index (χ4v) is 0.537. The normalized spacial score (nSPS) is 12.9. The van der Waals surface area contributed by atoms with Crippen molar-refractivity contribution in [1.29, 1.82) is 0 Å². The predicted octanol–water partition coefficient (Wildman–Crippen LogP) is 2.15. The molecule has 0 rings (SSSR count). The van der Waals surface area contributed by atoms with E-state index in [4.69, 9.17) is 5.11 Å². The van der Waals surface area contributed by atoms with Crippen LogP contribution in [-0.2, 0) is 4.79 Å². The van der Waals surface area contributed by atoms with Crippen molar-refractivity contribution in [3.63, 3.8) is 0 Å². The second-order valence-electron chi connectivity index (χ2n) is 2.14. The van der Waals surface area contributed by atoms with E-state index in [0.29, 0.717) is 0 Å². The van der Waals surface area contributed by atoms with Crippen LogP contribution in [0.15, 0.2) is 36.0 Å². The first kappa shape index (κ1) is 9.69. The molecule has 0 bridgehead atoms. The molecule has 0 saturated heterocycles. The van der Waals surface area contributed by atoms with Gasteiger partial charge in [-0.05, 0) is 19.9 Å². The van der Waals surface area contributed by atoms with Crippen molar-refractivity contribution in [1.82, 2.24) is 0 Å². The molecular weight excluding hydrogens is 140 g/mol. The van der Waals surface area contributed by atoms with Gasteiger partial charge in [0.25, 0.3) is 0 Å². The van der Waals surface area contributed by atoms with E-state index in [-0.39, 0.29) is 5.57 Å². The van der Waals surface area contributed by atoms with Gasteiger partial charge in [0.05, 0.1) is 5.57 Å². The number of carboxylic acids is 1. The average Bonchev–Trinajstić information content (AvgIpc) is 1.99. The SMILES string of the molecule is C=C/C(=C\C(C)=C/C)C(=O)O. The van der Waals surface area contributed by atoms with Crippen molar-refractivity contribution in [2.24, 2.45) is 0 Å². The molecule has 0 radical (unpaired) electrons. The maximum atomic E-state index is 10.4. The van der Waals surface area contributed by atoms with Gasteiger partial charge in [-0.3, -0.25) is 0 Å². The molecule has 0 fully saturated rings. The monoisotopic (exact) mass is 152 g/mol. The lowest BCUT2D eigenvalue weighted by Crippen LogP contribution is -1.96. The van der Waals surface area contributed by atoms with E-state index in [2.05, 4.69) is 6.58 Å². The second-order valence-corrected chi connectivity index (χ2v) is 2.14. The van der Waals surface area contributed by atoms with Crippen LogP contribution in [0.5, 0.6) is 0 Å². The van der Waals surface area contributed by atoms with Gasteiger partial charge in [-0.15, -0.1) is 0 Å². The smallest absolute Gasteiger partial charge is 0.335 e. The largest absolute Gasteiger partial charge is 0.478 e. The summed E-state index contributed by atoms with van der Waals surface area (Å²) < 4.78 is 0. The van der Waals surface area contributed by atoms with Crippen LogP contribution in [0.2, 0.25) is 0 Å². The zero-order chi connectivity index (χ0) is 8.85. The molecule has 0 unspecified atom stereocenters. The summed E-state index contributed by atoms with van der Waals surface area (Å²) in [7, 11) is 0. The Bertz CT molecular complexity index is 222. The van der Waals surface area contributed by atoms with Gasteiger partial charge in [-0.1, -0.05) is 24.3 Å². The van der Waals surface area contributed by atoms with Gasteiger partial charge in [-0.2, -0.15) is 0 Å². The van der Waals surface area contributed by atoms with Crippen LogP contribution in [0.25, 0.3) is 0 Å². The van der Waals surface area contributed by atoms with Gasteiger partial charge in [-0.25, -0.2) is 4.79 Å². The molecule has 0 atom stereocenters. The van der Waals surface area contributed by atoms with Gasteiger partial charge in [0.1, 0.15) is 0 Å². The highest BCUT2D eigenvalue weighted by molar-refractivity contribution is 5.90. The number of carbonyl (C=O) groups is 1. The summed E-state index contributed by atoms with van der Waals surface area (Å²) in [6.45, 7) is 7.09. The van der Waals surface area contributed by atoms with Crippen LogP contribution in [0.4, 0.5) is 0 Å². The molecule has 1 N–H and O–H groups in total. The van der Waals surface area contributed by atoms with Crippen LogP contribution in [0, 0.1) is 0 Å². The summed E-state index contributed by atoms with van der Waals surface area (Å²) in [5, 5.41) is 8.55.